The van der Waals surface area contributed by atoms with E-state index in [2.05, 4.69) is 33.1 Å². The summed E-state index contributed by atoms with van der Waals surface area (Å²) in [5.74, 6) is 0.684. The maximum absolute atomic E-state index is 12.7. The van der Waals surface area contributed by atoms with E-state index in [1.54, 1.807) is 18.2 Å². The highest BCUT2D eigenvalue weighted by Gasteiger charge is 2.33. The monoisotopic (exact) mass is 465 g/mol. The molecule has 0 atom stereocenters. The number of hydrogen-bond acceptors (Lipinski definition) is 5. The van der Waals surface area contributed by atoms with Gasteiger partial charge in [-0.2, -0.15) is 18.3 Å². The Hall–Kier alpha value is -2.37. The summed E-state index contributed by atoms with van der Waals surface area (Å²) in [4.78, 5) is 10.1. The van der Waals surface area contributed by atoms with E-state index in [4.69, 9.17) is 4.74 Å². The van der Waals surface area contributed by atoms with Crippen molar-refractivity contribution in [2.45, 2.75) is 6.18 Å². The Morgan fingerprint density at radius 1 is 1.28 bits per heavy atom. The maximum atomic E-state index is 12.7. The highest BCUT2D eigenvalue weighted by Crippen LogP contribution is 2.34. The van der Waals surface area contributed by atoms with Crippen molar-refractivity contribution in [1.29, 1.82) is 0 Å². The molecule has 0 unspecified atom stereocenters. The number of nitro benzene ring substituents is 1. The summed E-state index contributed by atoms with van der Waals surface area (Å²) in [7, 11) is 1.54. The molecule has 1 N–H and O–H groups in total. The van der Waals surface area contributed by atoms with Gasteiger partial charge in [-0.15, -0.1) is 0 Å². The third kappa shape index (κ3) is 4.81. The molecule has 132 valence electrons. The van der Waals surface area contributed by atoms with Gasteiger partial charge in [0.15, 0.2) is 0 Å². The summed E-state index contributed by atoms with van der Waals surface area (Å²) < 4.78 is 43.9. The second-order valence-electron chi connectivity index (χ2n) is 4.75. The van der Waals surface area contributed by atoms with Gasteiger partial charge in [-0.05, 0) is 58.5 Å². The smallest absolute Gasteiger partial charge is 0.416 e. The van der Waals surface area contributed by atoms with E-state index in [9.17, 15) is 23.3 Å². The summed E-state index contributed by atoms with van der Waals surface area (Å²) in [6.45, 7) is 0. The van der Waals surface area contributed by atoms with Gasteiger partial charge in [0, 0.05) is 6.07 Å². The van der Waals surface area contributed by atoms with E-state index < -0.39 is 22.4 Å². The van der Waals surface area contributed by atoms with Crippen LogP contribution in [0.15, 0.2) is 41.5 Å². The number of halogens is 4. The fraction of sp³-hybridized carbons (Fsp3) is 0.133. The van der Waals surface area contributed by atoms with Gasteiger partial charge in [-0.25, -0.2) is 0 Å². The number of nitrogens with one attached hydrogen (secondary N) is 1. The number of benzene rings is 2. The zero-order valence-corrected chi connectivity index (χ0v) is 14.8. The van der Waals surface area contributed by atoms with Gasteiger partial charge < -0.3 is 4.74 Å². The molecule has 0 aromatic heterocycles. The average molecular weight is 465 g/mol. The summed E-state index contributed by atoms with van der Waals surface area (Å²) in [5, 5.41) is 14.8. The van der Waals surface area contributed by atoms with Crippen LogP contribution in [0.25, 0.3) is 0 Å². The molecule has 25 heavy (non-hydrogen) atoms. The first-order chi connectivity index (χ1) is 11.7. The van der Waals surface area contributed by atoms with Crippen molar-refractivity contribution in [1.82, 2.24) is 0 Å². The number of alkyl halides is 3. The molecule has 0 saturated heterocycles. The average Bonchev–Trinajstić information content (AvgIpc) is 2.54. The van der Waals surface area contributed by atoms with Crippen molar-refractivity contribution in [3.8, 4) is 5.75 Å². The summed E-state index contributed by atoms with van der Waals surface area (Å²) in [5.41, 5.74) is 1.13. The van der Waals surface area contributed by atoms with Crippen LogP contribution in [0.2, 0.25) is 0 Å². The lowest BCUT2D eigenvalue weighted by Gasteiger charge is -2.08. The van der Waals surface area contributed by atoms with Crippen LogP contribution in [0.5, 0.6) is 5.75 Å². The number of rotatable bonds is 5. The minimum atomic E-state index is -4.66. The lowest BCUT2D eigenvalue weighted by molar-refractivity contribution is -0.384. The molecule has 0 spiro atoms. The van der Waals surface area contributed by atoms with Gasteiger partial charge in [-0.3, -0.25) is 15.5 Å². The van der Waals surface area contributed by atoms with E-state index >= 15 is 0 Å². The van der Waals surface area contributed by atoms with Crippen molar-refractivity contribution >= 4 is 40.2 Å². The molecule has 2 aromatic carbocycles. The molecule has 2 aromatic rings. The first kappa shape index (κ1) is 19.0. The maximum Gasteiger partial charge on any atom is 0.416 e. The second-order valence-corrected chi connectivity index (χ2v) is 5.91. The van der Waals surface area contributed by atoms with Gasteiger partial charge in [-0.1, -0.05) is 0 Å². The fourth-order valence-corrected chi connectivity index (χ4v) is 2.65. The van der Waals surface area contributed by atoms with Crippen LogP contribution < -0.4 is 10.2 Å². The molecule has 0 aliphatic carbocycles. The molecule has 0 fully saturated rings. The third-order valence-corrected chi connectivity index (χ3v) is 3.94. The Morgan fingerprint density at radius 2 is 2.00 bits per heavy atom. The largest absolute Gasteiger partial charge is 0.496 e. The van der Waals surface area contributed by atoms with Crippen molar-refractivity contribution in [2.24, 2.45) is 5.10 Å². The Morgan fingerprint density at radius 3 is 2.56 bits per heavy atom. The molecular weight excluding hydrogens is 454 g/mol. The molecule has 0 saturated carbocycles. The Kier molecular flexibility index (Phi) is 5.82. The van der Waals surface area contributed by atoms with Crippen LogP contribution >= 0.6 is 22.6 Å². The predicted octanol–water partition coefficient (Wildman–Crippen LogP) is 4.67. The number of methoxy groups -OCH3 is 1. The number of hydrazone groups is 1. The van der Waals surface area contributed by atoms with Crippen LogP contribution in [-0.4, -0.2) is 18.2 Å². The molecule has 0 heterocycles. The first-order valence-electron chi connectivity index (χ1n) is 6.70. The molecular formula is C15H11F3IN3O3. The molecule has 0 amide bonds. The van der Waals surface area contributed by atoms with Crippen LogP contribution in [-0.2, 0) is 6.18 Å². The Bertz CT molecular complexity index is 825. The molecule has 6 nitrogen and oxygen atoms in total. The highest BCUT2D eigenvalue weighted by atomic mass is 127. The zero-order chi connectivity index (χ0) is 18.6. The molecule has 0 aliphatic rings. The lowest BCUT2D eigenvalue weighted by Crippen LogP contribution is -2.06. The normalized spacial score (nSPS) is 11.6. The van der Waals surface area contributed by atoms with Gasteiger partial charge in [0.1, 0.15) is 11.4 Å². The molecule has 0 radical (unpaired) electrons. The number of hydrogen-bond donors (Lipinski definition) is 1. The summed E-state index contributed by atoms with van der Waals surface area (Å²) in [6.07, 6.45) is -3.27. The van der Waals surface area contributed by atoms with Crippen LogP contribution in [0.4, 0.5) is 24.5 Å². The quantitative estimate of drug-likeness (QED) is 0.302. The molecule has 0 aliphatic heterocycles. The fourth-order valence-electron chi connectivity index (χ4n) is 1.89. The van der Waals surface area contributed by atoms with Crippen LogP contribution in [0.1, 0.15) is 11.1 Å². The number of ether oxygens (including phenoxy) is 1. The SMILES string of the molecule is COc1ccc(/C=N\Nc2ccc(C(F)(F)F)cc2[N+](=O)[O-])cc1I. The summed E-state index contributed by atoms with van der Waals surface area (Å²) >= 11 is 2.07. The van der Waals surface area contributed by atoms with E-state index in [0.29, 0.717) is 17.4 Å². The van der Waals surface area contributed by atoms with E-state index in [1.165, 1.54) is 13.3 Å². The van der Waals surface area contributed by atoms with Gasteiger partial charge in [0.25, 0.3) is 5.69 Å². The summed E-state index contributed by atoms with van der Waals surface area (Å²) in [6, 6.07) is 7.40. The Balaban J connectivity index is 2.22. The highest BCUT2D eigenvalue weighted by molar-refractivity contribution is 14.1. The van der Waals surface area contributed by atoms with Gasteiger partial charge >= 0.3 is 6.18 Å². The van der Waals surface area contributed by atoms with Crippen molar-refractivity contribution in [3.05, 3.63) is 61.2 Å². The third-order valence-electron chi connectivity index (χ3n) is 3.10. The van der Waals surface area contributed by atoms with Crippen molar-refractivity contribution < 1.29 is 22.8 Å². The minimum Gasteiger partial charge on any atom is -0.496 e. The predicted molar refractivity (Wildman–Crippen MR) is 95.0 cm³/mol. The Labute approximate surface area is 154 Å². The zero-order valence-electron chi connectivity index (χ0n) is 12.7. The number of nitro groups is 1. The topological polar surface area (TPSA) is 76.8 Å². The van der Waals surface area contributed by atoms with Crippen molar-refractivity contribution in [3.63, 3.8) is 0 Å². The molecule has 0 bridgehead atoms. The molecule has 2 rings (SSSR count). The number of nitrogens with zero attached hydrogens (tertiary/aromatic N) is 2. The first-order valence-corrected chi connectivity index (χ1v) is 7.78. The molecule has 10 heteroatoms. The number of anilines is 1. The van der Waals surface area contributed by atoms with Crippen molar-refractivity contribution in [2.75, 3.05) is 12.5 Å². The van der Waals surface area contributed by atoms with Gasteiger partial charge in [0.05, 0.1) is 27.4 Å². The minimum absolute atomic E-state index is 0.141. The van der Waals surface area contributed by atoms with Crippen LogP contribution in [0, 0.1) is 13.7 Å². The van der Waals surface area contributed by atoms with E-state index in [0.717, 1.165) is 15.7 Å². The standard InChI is InChI=1S/C15H11F3IN3O3/c1-25-14-5-2-9(6-11(14)19)8-20-21-12-4-3-10(15(16,17)18)7-13(12)22(23)24/h2-8,21H,1H3/b20-8-. The lowest BCUT2D eigenvalue weighted by atomic mass is 10.1. The van der Waals surface area contributed by atoms with Gasteiger partial charge in [0.2, 0.25) is 0 Å². The van der Waals surface area contributed by atoms with E-state index in [-0.39, 0.29) is 5.69 Å². The van der Waals surface area contributed by atoms with Crippen LogP contribution in [0.3, 0.4) is 0 Å². The van der Waals surface area contributed by atoms with E-state index in [1.807, 2.05) is 0 Å². The second kappa shape index (κ2) is 7.68.